The molecule has 0 saturated heterocycles. The molecule has 4 aromatic carbocycles. The molecule has 0 N–H and O–H groups in total. The number of aryl methyl sites for hydroxylation is 2. The van der Waals surface area contributed by atoms with E-state index in [0.717, 1.165) is 86.6 Å². The molecule has 1 aromatic heterocycles. The van der Waals surface area contributed by atoms with E-state index in [2.05, 4.69) is 91.8 Å². The van der Waals surface area contributed by atoms with Crippen molar-refractivity contribution in [2.75, 3.05) is 0 Å². The summed E-state index contributed by atoms with van der Waals surface area (Å²) in [5, 5.41) is 9.39. The number of unbranched alkanes of at least 4 members (excludes halogenated alkanes) is 1. The molecule has 0 radical (unpaired) electrons. The van der Waals surface area contributed by atoms with Crippen LogP contribution in [-0.4, -0.2) is 4.57 Å². The summed E-state index contributed by atoms with van der Waals surface area (Å²) in [7, 11) is 0. The maximum atomic E-state index is 7.07. The molecule has 1 nitrogen and oxygen atoms in total. The molecular formula is C38H34Cl3N. The fraction of sp³-hybridized carbons (Fsp3) is 0.211. The summed E-state index contributed by atoms with van der Waals surface area (Å²) >= 11 is 20.2. The third-order valence-corrected chi connectivity index (χ3v) is 9.63. The van der Waals surface area contributed by atoms with E-state index in [4.69, 9.17) is 34.8 Å². The Hall–Kier alpha value is -3.23. The summed E-state index contributed by atoms with van der Waals surface area (Å²) in [6.07, 6.45) is 13.9. The van der Waals surface area contributed by atoms with E-state index in [-0.39, 0.29) is 0 Å². The highest BCUT2D eigenvalue weighted by atomic mass is 35.5. The first-order chi connectivity index (χ1) is 20.4. The van der Waals surface area contributed by atoms with Crippen LogP contribution in [-0.2, 0) is 6.54 Å². The standard InChI is InChI=1S/C38H34Cl3N/c1-4-5-23-42-34(31-14-8-13-30-33(40)20-22-35(42)37(30)31)21-18-27-10-6-9-26(38(27)41)17-15-24(2)28-11-7-12-29-32(39)19-16-25(3)36(28)29/h7-8,11-22H,2,4-6,9-10,23H2,1,3H3/b17-15+,27-18+,34-21-. The van der Waals surface area contributed by atoms with E-state index < -0.39 is 0 Å². The van der Waals surface area contributed by atoms with Crippen LogP contribution in [0.4, 0.5) is 0 Å². The minimum absolute atomic E-state index is 0.758. The molecule has 212 valence electrons. The Balaban J connectivity index is 1.39. The number of allylic oxidation sites excluding steroid dienone is 7. The van der Waals surface area contributed by atoms with Crippen LogP contribution in [0.15, 0.2) is 102 Å². The number of hydrogen-bond donors (Lipinski definition) is 0. The van der Waals surface area contributed by atoms with E-state index >= 15 is 0 Å². The Kier molecular flexibility index (Phi) is 8.37. The van der Waals surface area contributed by atoms with Gasteiger partial charge in [0.15, 0.2) is 0 Å². The van der Waals surface area contributed by atoms with Gasteiger partial charge < -0.3 is 4.57 Å². The second-order valence-corrected chi connectivity index (χ2v) is 12.4. The van der Waals surface area contributed by atoms with Crippen molar-refractivity contribution < 1.29 is 0 Å². The minimum atomic E-state index is 0.758. The van der Waals surface area contributed by atoms with Gasteiger partial charge in [0.05, 0.1) is 0 Å². The molecule has 0 unspecified atom stereocenters. The van der Waals surface area contributed by atoms with E-state index in [9.17, 15) is 0 Å². The topological polar surface area (TPSA) is 4.93 Å². The van der Waals surface area contributed by atoms with Crippen LogP contribution in [0.2, 0.25) is 10.0 Å². The lowest BCUT2D eigenvalue weighted by Crippen LogP contribution is -2.16. The SMILES string of the molecule is C=C(/C=C/C1=C(Cl)C(=C/C=c2/c3cccc4c(Cl)ccc(c43)n2CCCC)/CCC1)c1cccc2c(Cl)ccc(C)c12. The van der Waals surface area contributed by atoms with Crippen molar-refractivity contribution in [1.29, 1.82) is 0 Å². The van der Waals surface area contributed by atoms with Gasteiger partial charge in [0.1, 0.15) is 0 Å². The van der Waals surface area contributed by atoms with Gasteiger partial charge in [0.25, 0.3) is 0 Å². The monoisotopic (exact) mass is 609 g/mol. The average Bonchev–Trinajstić information content (AvgIpc) is 3.31. The number of fused-ring (bicyclic) bond motifs is 1. The number of rotatable bonds is 7. The second kappa shape index (κ2) is 12.2. The predicted octanol–water partition coefficient (Wildman–Crippen LogP) is 11.7. The quantitative estimate of drug-likeness (QED) is 0.162. The van der Waals surface area contributed by atoms with Crippen molar-refractivity contribution in [3.8, 4) is 0 Å². The molecule has 5 aromatic rings. The van der Waals surface area contributed by atoms with Gasteiger partial charge in [-0.25, -0.2) is 0 Å². The van der Waals surface area contributed by atoms with Gasteiger partial charge >= 0.3 is 0 Å². The molecule has 6 rings (SSSR count). The molecule has 0 atom stereocenters. The first-order valence-corrected chi connectivity index (χ1v) is 15.9. The van der Waals surface area contributed by atoms with Gasteiger partial charge in [-0.15, -0.1) is 0 Å². The highest BCUT2D eigenvalue weighted by Crippen LogP contribution is 2.36. The van der Waals surface area contributed by atoms with E-state index in [0.29, 0.717) is 0 Å². The summed E-state index contributed by atoms with van der Waals surface area (Å²) in [5.74, 6) is 0. The van der Waals surface area contributed by atoms with Gasteiger partial charge in [-0.3, -0.25) is 0 Å². The Morgan fingerprint density at radius 1 is 0.857 bits per heavy atom. The zero-order valence-corrected chi connectivity index (χ0v) is 26.4. The fourth-order valence-electron chi connectivity index (χ4n) is 6.30. The predicted molar refractivity (Wildman–Crippen MR) is 186 cm³/mol. The molecule has 0 fully saturated rings. The zero-order valence-electron chi connectivity index (χ0n) is 24.1. The molecular weight excluding hydrogens is 577 g/mol. The van der Waals surface area contributed by atoms with E-state index in [1.54, 1.807) is 0 Å². The lowest BCUT2D eigenvalue weighted by atomic mass is 9.92. The largest absolute Gasteiger partial charge is 0.340 e. The van der Waals surface area contributed by atoms with Crippen molar-refractivity contribution in [1.82, 2.24) is 4.57 Å². The number of nitrogens with zero attached hydrogens (tertiary/aromatic N) is 1. The number of benzene rings is 4. The van der Waals surface area contributed by atoms with E-state index in [1.807, 2.05) is 18.2 Å². The summed E-state index contributed by atoms with van der Waals surface area (Å²) in [6, 6.07) is 20.9. The Bertz CT molecular complexity index is 2000. The van der Waals surface area contributed by atoms with Crippen LogP contribution < -0.4 is 5.35 Å². The maximum Gasteiger partial charge on any atom is 0.0498 e. The van der Waals surface area contributed by atoms with Crippen LogP contribution in [0.1, 0.15) is 50.2 Å². The number of hydrogen-bond acceptors (Lipinski definition) is 0. The normalized spacial score (nSPS) is 15.8. The maximum absolute atomic E-state index is 7.07. The van der Waals surface area contributed by atoms with E-state index in [1.165, 1.54) is 32.8 Å². The molecule has 1 aliphatic rings. The highest BCUT2D eigenvalue weighted by Gasteiger charge is 2.16. The highest BCUT2D eigenvalue weighted by molar-refractivity contribution is 6.37. The third-order valence-electron chi connectivity index (χ3n) is 8.48. The summed E-state index contributed by atoms with van der Waals surface area (Å²) in [6.45, 7) is 9.73. The third kappa shape index (κ3) is 5.24. The van der Waals surface area contributed by atoms with Gasteiger partial charge in [0.2, 0.25) is 0 Å². The second-order valence-electron chi connectivity index (χ2n) is 11.2. The van der Waals surface area contributed by atoms with Crippen LogP contribution in [0.5, 0.6) is 0 Å². The average molecular weight is 611 g/mol. The molecule has 0 bridgehead atoms. The van der Waals surface area contributed by atoms with Crippen molar-refractivity contribution in [3.05, 3.63) is 128 Å². The van der Waals surface area contributed by atoms with Crippen LogP contribution in [0, 0.1) is 6.92 Å². The molecule has 0 saturated carbocycles. The van der Waals surface area contributed by atoms with Crippen LogP contribution in [0.3, 0.4) is 0 Å². The van der Waals surface area contributed by atoms with Gasteiger partial charge in [0, 0.05) is 54.0 Å². The van der Waals surface area contributed by atoms with Gasteiger partial charge in [-0.2, -0.15) is 0 Å². The van der Waals surface area contributed by atoms with Crippen molar-refractivity contribution in [3.63, 3.8) is 0 Å². The lowest BCUT2D eigenvalue weighted by Gasteiger charge is -2.17. The molecule has 0 aliphatic heterocycles. The van der Waals surface area contributed by atoms with Crippen molar-refractivity contribution in [2.24, 2.45) is 0 Å². The smallest absolute Gasteiger partial charge is 0.0498 e. The first-order valence-electron chi connectivity index (χ1n) is 14.7. The fourth-order valence-corrected chi connectivity index (χ4v) is 7.05. The minimum Gasteiger partial charge on any atom is -0.340 e. The Labute approximate surface area is 263 Å². The molecule has 4 heteroatoms. The molecule has 1 aliphatic carbocycles. The summed E-state index contributed by atoms with van der Waals surface area (Å²) in [4.78, 5) is 0. The Morgan fingerprint density at radius 2 is 1.57 bits per heavy atom. The molecule has 0 amide bonds. The lowest BCUT2D eigenvalue weighted by molar-refractivity contribution is 0.640. The summed E-state index contributed by atoms with van der Waals surface area (Å²) in [5.41, 5.74) is 6.79. The molecule has 42 heavy (non-hydrogen) atoms. The van der Waals surface area contributed by atoms with Crippen LogP contribution in [0.25, 0.3) is 44.1 Å². The van der Waals surface area contributed by atoms with Crippen molar-refractivity contribution >= 4 is 78.9 Å². The zero-order chi connectivity index (χ0) is 29.4. The number of aromatic nitrogens is 1. The number of halogens is 3. The Morgan fingerprint density at radius 3 is 2.36 bits per heavy atom. The molecule has 1 heterocycles. The van der Waals surface area contributed by atoms with Gasteiger partial charge in [-0.1, -0.05) is 115 Å². The van der Waals surface area contributed by atoms with Crippen molar-refractivity contribution in [2.45, 2.75) is 52.5 Å². The van der Waals surface area contributed by atoms with Gasteiger partial charge in [-0.05, 0) is 90.1 Å². The summed E-state index contributed by atoms with van der Waals surface area (Å²) < 4.78 is 2.44. The first kappa shape index (κ1) is 28.9. The molecule has 0 spiro atoms. The van der Waals surface area contributed by atoms with Crippen LogP contribution >= 0.6 is 34.8 Å².